The van der Waals surface area contributed by atoms with Crippen LogP contribution in [0.25, 0.3) is 0 Å². The lowest BCUT2D eigenvalue weighted by atomic mass is 10.2. The van der Waals surface area contributed by atoms with E-state index in [2.05, 4.69) is 9.71 Å². The van der Waals surface area contributed by atoms with Gasteiger partial charge in [-0.3, -0.25) is 4.72 Å². The summed E-state index contributed by atoms with van der Waals surface area (Å²) < 4.78 is 75.3. The largest absolute Gasteiger partial charge is 0.497 e. The van der Waals surface area contributed by atoms with Crippen LogP contribution in [0, 0.1) is 0 Å². The number of methoxy groups -OCH3 is 2. The third-order valence-corrected chi connectivity index (χ3v) is 5.97. The maximum Gasteiger partial charge on any atom is 0.490 e. The van der Waals surface area contributed by atoms with Crippen molar-refractivity contribution in [2.24, 2.45) is 0 Å². The lowest BCUT2D eigenvalue weighted by Gasteiger charge is -2.28. The van der Waals surface area contributed by atoms with Crippen molar-refractivity contribution < 1.29 is 55.6 Å². The zero-order chi connectivity index (χ0) is 27.1. The zero-order valence-electron chi connectivity index (χ0n) is 18.9. The normalized spacial score (nSPS) is 13.8. The minimum Gasteiger partial charge on any atom is -0.497 e. The molecule has 0 saturated carbocycles. The van der Waals surface area contributed by atoms with Crippen LogP contribution in [0.15, 0.2) is 35.4 Å². The Morgan fingerprint density at radius 3 is 2.22 bits per heavy atom. The number of benzene rings is 1. The minimum absolute atomic E-state index is 0.0179. The van der Waals surface area contributed by atoms with Crippen molar-refractivity contribution in [3.05, 3.63) is 36.0 Å². The molecule has 2 heterocycles. The number of alkyl halides is 3. The number of rotatable bonds is 7. The molecule has 0 atom stereocenters. The number of hydrogen-bond acceptors (Lipinski definition) is 9. The van der Waals surface area contributed by atoms with Gasteiger partial charge in [0.2, 0.25) is 0 Å². The molecule has 16 heteroatoms. The van der Waals surface area contributed by atoms with Gasteiger partial charge in [0.25, 0.3) is 10.0 Å². The van der Waals surface area contributed by atoms with Gasteiger partial charge in [0.05, 0.1) is 39.3 Å². The average Bonchev–Trinajstić information content (AvgIpc) is 2.83. The second-order valence-electron chi connectivity index (χ2n) is 6.92. The molecule has 0 amide bonds. The number of morpholine rings is 1. The molecule has 198 valence electrons. The van der Waals surface area contributed by atoms with Gasteiger partial charge >= 0.3 is 18.1 Å². The summed E-state index contributed by atoms with van der Waals surface area (Å²) in [6.45, 7) is 1.92. The van der Waals surface area contributed by atoms with Crippen molar-refractivity contribution in [3.63, 3.8) is 0 Å². The van der Waals surface area contributed by atoms with E-state index in [-0.39, 0.29) is 27.7 Å². The Balaban J connectivity index is 0.000000572. The molecule has 1 fully saturated rings. The van der Waals surface area contributed by atoms with Crippen LogP contribution in [-0.4, -0.2) is 82.3 Å². The summed E-state index contributed by atoms with van der Waals surface area (Å²) in [5.74, 6) is -3.25. The van der Waals surface area contributed by atoms with Gasteiger partial charge in [-0.15, -0.1) is 0 Å². The van der Waals surface area contributed by atoms with E-state index in [0.29, 0.717) is 32.1 Å². The van der Waals surface area contributed by atoms with Gasteiger partial charge < -0.3 is 29.3 Å². The predicted octanol–water partition coefficient (Wildman–Crippen LogP) is 2.07. The minimum atomic E-state index is -5.08. The van der Waals surface area contributed by atoms with Crippen molar-refractivity contribution in [1.82, 2.24) is 4.98 Å². The van der Waals surface area contributed by atoms with E-state index in [1.807, 2.05) is 0 Å². The van der Waals surface area contributed by atoms with E-state index in [9.17, 15) is 31.5 Å². The average molecular weight is 537 g/mol. The fourth-order valence-electron chi connectivity index (χ4n) is 2.90. The standard InChI is InChI=1S/C18H21N3O7S.C2HF3O2/c1-26-13-3-4-15(27-2)16(10-13)29(24,25)20-12-9-14(18(22)23)17(19-11-12)21-5-7-28-8-6-21;3-2(4,5)1(6)7/h3-4,9-11,20H,5-8H2,1-2H3,(H,22,23);(H,6,7). The lowest BCUT2D eigenvalue weighted by molar-refractivity contribution is -0.192. The number of sulfonamides is 1. The number of halogens is 3. The molecule has 0 spiro atoms. The quantitative estimate of drug-likeness (QED) is 0.473. The van der Waals surface area contributed by atoms with Crippen LogP contribution in [0.3, 0.4) is 0 Å². The summed E-state index contributed by atoms with van der Waals surface area (Å²) in [4.78, 5) is 26.4. The second-order valence-corrected chi connectivity index (χ2v) is 8.58. The van der Waals surface area contributed by atoms with E-state index in [0.717, 1.165) is 0 Å². The van der Waals surface area contributed by atoms with Gasteiger partial charge in [0.1, 0.15) is 27.8 Å². The molecular weight excluding hydrogens is 515 g/mol. The first-order valence-electron chi connectivity index (χ1n) is 9.91. The number of nitrogens with zero attached hydrogens (tertiary/aromatic N) is 2. The van der Waals surface area contributed by atoms with Crippen molar-refractivity contribution in [1.29, 1.82) is 0 Å². The van der Waals surface area contributed by atoms with E-state index in [4.69, 9.17) is 24.1 Å². The Labute approximate surface area is 203 Å². The highest BCUT2D eigenvalue weighted by Crippen LogP contribution is 2.30. The van der Waals surface area contributed by atoms with Gasteiger partial charge in [-0.25, -0.2) is 23.0 Å². The first-order chi connectivity index (χ1) is 16.8. The molecule has 0 aliphatic carbocycles. The highest BCUT2D eigenvalue weighted by Gasteiger charge is 2.38. The summed E-state index contributed by atoms with van der Waals surface area (Å²) in [5.41, 5.74) is -0.0889. The fourth-order valence-corrected chi connectivity index (χ4v) is 4.12. The summed E-state index contributed by atoms with van der Waals surface area (Å²) in [6.07, 6.45) is -3.80. The van der Waals surface area contributed by atoms with Crippen LogP contribution >= 0.6 is 0 Å². The number of aliphatic carboxylic acids is 1. The topological polar surface area (TPSA) is 165 Å². The number of aromatic nitrogens is 1. The number of pyridine rings is 1. The Morgan fingerprint density at radius 2 is 1.72 bits per heavy atom. The lowest BCUT2D eigenvalue weighted by Crippen LogP contribution is -2.37. The van der Waals surface area contributed by atoms with Crippen molar-refractivity contribution in [2.45, 2.75) is 11.1 Å². The number of hydrogen-bond donors (Lipinski definition) is 3. The Bertz CT molecular complexity index is 1200. The molecular formula is C20H22F3N3O9S. The highest BCUT2D eigenvalue weighted by atomic mass is 32.2. The van der Waals surface area contributed by atoms with Crippen LogP contribution in [0.5, 0.6) is 11.5 Å². The smallest absolute Gasteiger partial charge is 0.490 e. The van der Waals surface area contributed by atoms with Gasteiger partial charge in [-0.1, -0.05) is 0 Å². The van der Waals surface area contributed by atoms with E-state index >= 15 is 0 Å². The van der Waals surface area contributed by atoms with Gasteiger partial charge in [0, 0.05) is 19.2 Å². The molecule has 1 aliphatic rings. The molecule has 3 N–H and O–H groups in total. The van der Waals surface area contributed by atoms with E-state index in [1.165, 1.54) is 38.6 Å². The van der Waals surface area contributed by atoms with Crippen LogP contribution in [-0.2, 0) is 19.6 Å². The number of ether oxygens (including phenoxy) is 3. The fraction of sp³-hybridized carbons (Fsp3) is 0.350. The third-order valence-electron chi connectivity index (χ3n) is 4.56. The predicted molar refractivity (Wildman–Crippen MR) is 118 cm³/mol. The Morgan fingerprint density at radius 1 is 1.11 bits per heavy atom. The van der Waals surface area contributed by atoms with Gasteiger partial charge in [-0.2, -0.15) is 13.2 Å². The van der Waals surface area contributed by atoms with Crippen LogP contribution in [0.4, 0.5) is 24.7 Å². The number of aromatic carboxylic acids is 1. The summed E-state index contributed by atoms with van der Waals surface area (Å²) in [5, 5.41) is 16.7. The van der Waals surface area contributed by atoms with Crippen LogP contribution in [0.1, 0.15) is 10.4 Å². The Kier molecular flexibility index (Phi) is 9.29. The number of anilines is 2. The van der Waals surface area contributed by atoms with Gasteiger partial charge in [0.15, 0.2) is 0 Å². The molecule has 12 nitrogen and oxygen atoms in total. The molecule has 3 rings (SSSR count). The van der Waals surface area contributed by atoms with Crippen molar-refractivity contribution in [2.75, 3.05) is 50.1 Å². The molecule has 2 aromatic rings. The summed E-state index contributed by atoms with van der Waals surface area (Å²) in [6, 6.07) is 5.59. The maximum atomic E-state index is 12.9. The molecule has 0 bridgehead atoms. The highest BCUT2D eigenvalue weighted by molar-refractivity contribution is 7.92. The summed E-state index contributed by atoms with van der Waals surface area (Å²) >= 11 is 0. The molecule has 1 aliphatic heterocycles. The first-order valence-corrected chi connectivity index (χ1v) is 11.4. The van der Waals surface area contributed by atoms with Crippen molar-refractivity contribution in [3.8, 4) is 11.5 Å². The van der Waals surface area contributed by atoms with Crippen LogP contribution in [0.2, 0.25) is 0 Å². The molecule has 1 aromatic heterocycles. The maximum absolute atomic E-state index is 12.9. The first kappa shape index (κ1) is 28.4. The number of carbonyl (C=O) groups is 2. The van der Waals surface area contributed by atoms with Gasteiger partial charge in [-0.05, 0) is 18.2 Å². The number of carboxylic acid groups (broad SMARTS) is 2. The zero-order valence-corrected chi connectivity index (χ0v) is 19.7. The Hall–Kier alpha value is -3.79. The molecule has 1 aromatic carbocycles. The number of carboxylic acids is 2. The SMILES string of the molecule is COc1ccc(OC)c(S(=O)(=O)Nc2cnc(N3CCOCC3)c(C(=O)O)c2)c1.O=C(O)C(F)(F)F. The number of nitrogens with one attached hydrogen (secondary N) is 1. The molecule has 36 heavy (non-hydrogen) atoms. The van der Waals surface area contributed by atoms with Crippen LogP contribution < -0.4 is 19.1 Å². The monoisotopic (exact) mass is 537 g/mol. The van der Waals surface area contributed by atoms with E-state index in [1.54, 1.807) is 11.0 Å². The summed E-state index contributed by atoms with van der Waals surface area (Å²) in [7, 11) is -1.33. The molecule has 1 saturated heterocycles. The van der Waals surface area contributed by atoms with E-state index < -0.39 is 28.1 Å². The third kappa shape index (κ3) is 7.35. The second kappa shape index (κ2) is 11.8. The molecule has 0 radical (unpaired) electrons. The van der Waals surface area contributed by atoms with Crippen molar-refractivity contribution >= 4 is 33.5 Å². The molecule has 0 unspecified atom stereocenters.